The van der Waals surface area contributed by atoms with Crippen molar-refractivity contribution in [1.82, 2.24) is 9.80 Å². The minimum atomic E-state index is -1.04. The number of hydrogen-bond donors (Lipinski definition) is 2. The van der Waals surface area contributed by atoms with Crippen LogP contribution in [0.2, 0.25) is 0 Å². The number of hydrogen-bond acceptors (Lipinski definition) is 12. The summed E-state index contributed by atoms with van der Waals surface area (Å²) in [6, 6.07) is 7.69. The summed E-state index contributed by atoms with van der Waals surface area (Å²) in [6.07, 6.45) is 18.5. The third-order valence-corrected chi connectivity index (χ3v) is 18.5. The highest BCUT2D eigenvalue weighted by molar-refractivity contribution is 5.91. The van der Waals surface area contributed by atoms with E-state index in [4.69, 9.17) is 18.9 Å². The number of benzene rings is 2. The molecule has 12 rings (SSSR count). The zero-order chi connectivity index (χ0) is 45.0. The Kier molecular flexibility index (Phi) is 10.8. The van der Waals surface area contributed by atoms with Gasteiger partial charge in [-0.2, -0.15) is 0 Å². The Labute approximate surface area is 388 Å². The van der Waals surface area contributed by atoms with Crippen LogP contribution in [-0.4, -0.2) is 105 Å². The third-order valence-electron chi connectivity index (χ3n) is 18.5. The van der Waals surface area contributed by atoms with E-state index in [0.29, 0.717) is 86.2 Å². The molecule has 66 heavy (non-hydrogen) atoms. The number of ketones is 2. The molecule has 0 aromatic heterocycles. The van der Waals surface area contributed by atoms with Crippen LogP contribution in [0.15, 0.2) is 24.3 Å². The van der Waals surface area contributed by atoms with E-state index in [2.05, 4.69) is 9.80 Å². The maximum atomic E-state index is 13.4. The molecule has 6 aliphatic carbocycles. The van der Waals surface area contributed by atoms with Crippen LogP contribution < -0.4 is 18.9 Å². The van der Waals surface area contributed by atoms with E-state index in [1.807, 2.05) is 24.3 Å². The molecule has 2 saturated heterocycles. The Hall–Kier alpha value is -3.84. The second-order valence-electron chi connectivity index (χ2n) is 22.4. The fourth-order valence-corrected chi connectivity index (χ4v) is 15.0. The van der Waals surface area contributed by atoms with Crippen molar-refractivity contribution in [1.29, 1.82) is 0 Å². The average molecular weight is 905 g/mol. The van der Waals surface area contributed by atoms with Crippen molar-refractivity contribution < 1.29 is 48.3 Å². The van der Waals surface area contributed by atoms with E-state index in [-0.39, 0.29) is 35.6 Å². The molecule has 2 spiro atoms. The Bertz CT molecular complexity index is 2160. The van der Waals surface area contributed by atoms with Crippen molar-refractivity contribution in [2.24, 2.45) is 11.8 Å². The van der Waals surface area contributed by atoms with E-state index in [9.17, 15) is 29.4 Å². The Morgan fingerprint density at radius 1 is 0.576 bits per heavy atom. The molecule has 6 fully saturated rings. The first-order chi connectivity index (χ1) is 32.0. The molecule has 0 radical (unpaired) electrons. The maximum absolute atomic E-state index is 13.4. The minimum absolute atomic E-state index is 0.0309. The molecule has 0 unspecified atom stereocenters. The van der Waals surface area contributed by atoms with Gasteiger partial charge >= 0.3 is 11.9 Å². The Balaban J connectivity index is 0.563. The molecule has 4 aliphatic heterocycles. The van der Waals surface area contributed by atoms with E-state index in [0.717, 1.165) is 125 Å². The predicted octanol–water partition coefficient (Wildman–Crippen LogP) is 7.15. The summed E-state index contributed by atoms with van der Waals surface area (Å²) >= 11 is 0. The summed E-state index contributed by atoms with van der Waals surface area (Å²) < 4.78 is 24.9. The molecule has 12 nitrogen and oxygen atoms in total. The zero-order valence-corrected chi connectivity index (χ0v) is 38.6. The molecule has 354 valence electrons. The molecule has 4 bridgehead atoms. The number of rotatable bonds is 19. The highest BCUT2D eigenvalue weighted by Gasteiger charge is 2.75. The van der Waals surface area contributed by atoms with Crippen molar-refractivity contribution >= 4 is 23.5 Å². The number of esters is 2. The number of ether oxygens (including phenoxy) is 4. The van der Waals surface area contributed by atoms with Gasteiger partial charge in [-0.25, -0.2) is 0 Å². The fourth-order valence-electron chi connectivity index (χ4n) is 15.0. The summed E-state index contributed by atoms with van der Waals surface area (Å²) in [4.78, 5) is 58.0. The van der Waals surface area contributed by atoms with Gasteiger partial charge in [-0.05, 0) is 125 Å². The molecule has 8 atom stereocenters. The summed E-state index contributed by atoms with van der Waals surface area (Å²) in [7, 11) is 0. The SMILES string of the molecule is O=C(CCCCCCCCCCCCC(=O)Oc1ccc2c3c1O[C@H]1C(=O)CC[C@@]4(O)[C@@H](C2)N(CC2CC2)CC[C@]314)Oc1ccc2c3c1O[C@H]1C(=O)CC[C@@]4(O)[C@@H](C2)N(CC2CC2)CC[C@]314. The van der Waals surface area contributed by atoms with Crippen molar-refractivity contribution in [3.63, 3.8) is 0 Å². The topological polar surface area (TPSA) is 152 Å². The van der Waals surface area contributed by atoms with Crippen LogP contribution in [0.3, 0.4) is 0 Å². The third kappa shape index (κ3) is 6.71. The standard InChI is InChI=1S/C54H68N2O10/c57-37-21-23-53(61)41-29-35-17-19-39(47-45(35)51(53,49(37)65-47)25-27-55(41)31-33-13-14-33)63-43(59)11-9-7-5-3-1-2-4-6-8-10-12-44(60)64-40-20-18-36-30-42-54(62)24-22-38(58)50-52(54,46(36)48(40)66-50)26-28-56(42)32-34-15-16-34/h17-20,33-34,41-42,49-50,61-62H,1-16,21-32H2/t41-,42-,49+,50+,51+,52+,53-,54-/m1/s1. The number of carbonyl (C=O) groups excluding carboxylic acids is 4. The molecular formula is C54H68N2O10. The first-order valence-electron chi connectivity index (χ1n) is 26.1. The summed E-state index contributed by atoms with van der Waals surface area (Å²) in [6.45, 7) is 3.71. The van der Waals surface area contributed by atoms with Crippen molar-refractivity contribution in [2.45, 2.75) is 200 Å². The first kappa shape index (κ1) is 43.4. The van der Waals surface area contributed by atoms with Gasteiger partial charge in [0, 0.05) is 62.0 Å². The molecule has 12 heteroatoms. The Morgan fingerprint density at radius 2 is 0.970 bits per heavy atom. The van der Waals surface area contributed by atoms with E-state index >= 15 is 0 Å². The first-order valence-corrected chi connectivity index (χ1v) is 26.1. The smallest absolute Gasteiger partial charge is 0.311 e. The lowest BCUT2D eigenvalue weighted by atomic mass is 9.49. The molecule has 2 N–H and O–H groups in total. The van der Waals surface area contributed by atoms with Gasteiger partial charge in [0.1, 0.15) is 0 Å². The maximum Gasteiger partial charge on any atom is 0.311 e. The number of piperidine rings is 2. The number of unbranched alkanes of at least 4 members (excludes halogenated alkanes) is 9. The van der Waals surface area contributed by atoms with E-state index in [1.54, 1.807) is 0 Å². The molecule has 2 aromatic rings. The van der Waals surface area contributed by atoms with Crippen molar-refractivity contribution in [3.05, 3.63) is 46.5 Å². The lowest BCUT2D eigenvalue weighted by Gasteiger charge is -2.62. The number of carbonyl (C=O) groups is 4. The number of nitrogens with zero attached hydrogens (tertiary/aromatic N) is 2. The molecule has 10 aliphatic rings. The minimum Gasteiger partial charge on any atom is -0.477 e. The van der Waals surface area contributed by atoms with Gasteiger partial charge in [0.2, 0.25) is 0 Å². The normalized spacial score (nSPS) is 34.3. The second-order valence-corrected chi connectivity index (χ2v) is 22.4. The molecule has 4 heterocycles. The van der Waals surface area contributed by atoms with Crippen LogP contribution in [0.1, 0.15) is 164 Å². The summed E-state index contributed by atoms with van der Waals surface area (Å²) in [5.74, 6) is 2.69. The highest BCUT2D eigenvalue weighted by atomic mass is 16.6. The van der Waals surface area contributed by atoms with Crippen LogP contribution in [0.5, 0.6) is 23.0 Å². The summed E-state index contributed by atoms with van der Waals surface area (Å²) in [5.41, 5.74) is 0.437. The fraction of sp³-hybridized carbons (Fsp3) is 0.704. The lowest BCUT2D eigenvalue weighted by Crippen LogP contribution is -2.76. The quantitative estimate of drug-likeness (QED) is 0.0838. The van der Waals surface area contributed by atoms with Gasteiger partial charge in [-0.15, -0.1) is 0 Å². The van der Waals surface area contributed by atoms with Gasteiger partial charge in [0.25, 0.3) is 0 Å². The second kappa shape index (κ2) is 16.4. The van der Waals surface area contributed by atoms with Gasteiger partial charge in [-0.3, -0.25) is 29.0 Å². The van der Waals surface area contributed by atoms with Crippen molar-refractivity contribution in [3.8, 4) is 23.0 Å². The van der Waals surface area contributed by atoms with Gasteiger partial charge < -0.3 is 29.2 Å². The molecular weight excluding hydrogens is 837 g/mol. The average Bonchev–Trinajstić information content (AvgIpc) is 4.23. The van der Waals surface area contributed by atoms with Gasteiger partial charge in [0.15, 0.2) is 46.8 Å². The lowest BCUT2D eigenvalue weighted by molar-refractivity contribution is -0.188. The van der Waals surface area contributed by atoms with E-state index in [1.165, 1.54) is 25.7 Å². The highest BCUT2D eigenvalue weighted by Crippen LogP contribution is 2.67. The largest absolute Gasteiger partial charge is 0.477 e. The van der Waals surface area contributed by atoms with Crippen molar-refractivity contribution in [2.75, 3.05) is 26.2 Å². The van der Waals surface area contributed by atoms with Crippen LogP contribution >= 0.6 is 0 Å². The Morgan fingerprint density at radius 3 is 1.36 bits per heavy atom. The number of aliphatic hydroxyl groups is 2. The molecule has 0 amide bonds. The van der Waals surface area contributed by atoms with Gasteiger partial charge in [0.05, 0.1) is 22.0 Å². The summed E-state index contributed by atoms with van der Waals surface area (Å²) in [5, 5.41) is 25.1. The van der Waals surface area contributed by atoms with E-state index < -0.39 is 34.2 Å². The van der Waals surface area contributed by atoms with Gasteiger partial charge in [-0.1, -0.05) is 63.5 Å². The molecule has 2 aromatic carbocycles. The van der Waals surface area contributed by atoms with Crippen LogP contribution in [0.4, 0.5) is 0 Å². The predicted molar refractivity (Wildman–Crippen MR) is 243 cm³/mol. The molecule has 4 saturated carbocycles. The zero-order valence-electron chi connectivity index (χ0n) is 38.6. The van der Waals surface area contributed by atoms with Crippen LogP contribution in [-0.2, 0) is 42.8 Å². The monoisotopic (exact) mass is 904 g/mol. The number of likely N-dealkylation sites (tertiary alicyclic amines) is 2. The van der Waals surface area contributed by atoms with Crippen LogP contribution in [0, 0.1) is 11.8 Å². The van der Waals surface area contributed by atoms with Crippen LogP contribution in [0.25, 0.3) is 0 Å². The number of Topliss-reactive ketones (excluding diaryl/α,β-unsaturated/α-hetero) is 2.